The predicted molar refractivity (Wildman–Crippen MR) is 94.1 cm³/mol. The maximum absolute atomic E-state index is 12.5. The number of nitrogens with zero attached hydrogens (tertiary/aromatic N) is 1. The lowest BCUT2D eigenvalue weighted by Gasteiger charge is -2.16. The van der Waals surface area contributed by atoms with E-state index in [1.54, 1.807) is 6.92 Å². The van der Waals surface area contributed by atoms with Crippen molar-refractivity contribution in [1.82, 2.24) is 9.97 Å². The molecule has 0 saturated heterocycles. The van der Waals surface area contributed by atoms with Crippen LogP contribution in [0.5, 0.6) is 0 Å². The molecule has 23 heavy (non-hydrogen) atoms. The van der Waals surface area contributed by atoms with E-state index in [1.165, 1.54) is 17.8 Å². The average molecular weight is 331 g/mol. The summed E-state index contributed by atoms with van der Waals surface area (Å²) in [6.45, 7) is 7.70. The lowest BCUT2D eigenvalue weighted by atomic mass is 10.1. The van der Waals surface area contributed by atoms with Crippen LogP contribution < -0.4 is 10.9 Å². The molecule has 2 rings (SSSR count). The van der Waals surface area contributed by atoms with Gasteiger partial charge in [-0.1, -0.05) is 30.8 Å². The quantitative estimate of drug-likeness (QED) is 0.652. The van der Waals surface area contributed by atoms with Gasteiger partial charge in [0.2, 0.25) is 5.91 Å². The standard InChI is InChI=1S/C17H21N3O2S/c1-5-14(23-17-18-11(3)9-15(21)20-17)16(22)19-13-8-6-7-10(2)12(13)4/h6-9,14H,5H2,1-4H3,(H,19,22)(H,18,20,21). The largest absolute Gasteiger partial charge is 0.325 e. The Balaban J connectivity index is 2.15. The third-order valence-electron chi connectivity index (χ3n) is 3.63. The van der Waals surface area contributed by atoms with Gasteiger partial charge < -0.3 is 10.3 Å². The lowest BCUT2D eigenvalue weighted by molar-refractivity contribution is -0.115. The molecule has 1 heterocycles. The maximum atomic E-state index is 12.5. The molecule has 2 aromatic rings. The summed E-state index contributed by atoms with van der Waals surface area (Å²) in [6.07, 6.45) is 0.638. The molecule has 1 amide bonds. The Bertz CT molecular complexity index is 771. The van der Waals surface area contributed by atoms with Crippen LogP contribution in [0.3, 0.4) is 0 Å². The fourth-order valence-electron chi connectivity index (χ4n) is 2.16. The number of anilines is 1. The van der Waals surface area contributed by atoms with Gasteiger partial charge in [0.05, 0.1) is 5.25 Å². The van der Waals surface area contributed by atoms with E-state index in [0.717, 1.165) is 16.8 Å². The lowest BCUT2D eigenvalue weighted by Crippen LogP contribution is -2.25. The van der Waals surface area contributed by atoms with Gasteiger partial charge in [0, 0.05) is 17.4 Å². The molecule has 5 nitrogen and oxygen atoms in total. The van der Waals surface area contributed by atoms with Crippen molar-refractivity contribution in [2.75, 3.05) is 5.32 Å². The number of aryl methyl sites for hydroxylation is 2. The second-order valence-corrected chi connectivity index (χ2v) is 6.63. The number of carbonyl (C=O) groups excluding carboxylic acids is 1. The van der Waals surface area contributed by atoms with E-state index in [1.807, 2.05) is 39.0 Å². The second-order valence-electron chi connectivity index (χ2n) is 5.44. The van der Waals surface area contributed by atoms with E-state index in [-0.39, 0.29) is 16.7 Å². The van der Waals surface area contributed by atoms with Crippen LogP contribution in [0, 0.1) is 20.8 Å². The number of aromatic amines is 1. The summed E-state index contributed by atoms with van der Waals surface area (Å²) in [7, 11) is 0. The summed E-state index contributed by atoms with van der Waals surface area (Å²) in [4.78, 5) is 31.0. The van der Waals surface area contributed by atoms with E-state index in [0.29, 0.717) is 17.3 Å². The number of carbonyl (C=O) groups is 1. The van der Waals surface area contributed by atoms with Crippen LogP contribution in [0.1, 0.15) is 30.2 Å². The fourth-order valence-corrected chi connectivity index (χ4v) is 3.12. The summed E-state index contributed by atoms with van der Waals surface area (Å²) in [5, 5.41) is 3.12. The Hall–Kier alpha value is -2.08. The van der Waals surface area contributed by atoms with Gasteiger partial charge in [-0.3, -0.25) is 9.59 Å². The van der Waals surface area contributed by atoms with Crippen molar-refractivity contribution in [1.29, 1.82) is 0 Å². The van der Waals surface area contributed by atoms with Crippen molar-refractivity contribution in [2.24, 2.45) is 0 Å². The van der Waals surface area contributed by atoms with Gasteiger partial charge in [0.1, 0.15) is 0 Å². The molecule has 0 spiro atoms. The van der Waals surface area contributed by atoms with Crippen LogP contribution >= 0.6 is 11.8 Å². The molecule has 6 heteroatoms. The van der Waals surface area contributed by atoms with Crippen molar-refractivity contribution < 1.29 is 4.79 Å². The van der Waals surface area contributed by atoms with Crippen molar-refractivity contribution >= 4 is 23.4 Å². The first kappa shape index (κ1) is 17.3. The van der Waals surface area contributed by atoms with Crippen LogP contribution in [0.2, 0.25) is 0 Å². The van der Waals surface area contributed by atoms with Crippen molar-refractivity contribution in [3.63, 3.8) is 0 Å². The van der Waals surface area contributed by atoms with E-state index in [4.69, 9.17) is 0 Å². The summed E-state index contributed by atoms with van der Waals surface area (Å²) in [6, 6.07) is 7.26. The average Bonchev–Trinajstić information content (AvgIpc) is 2.48. The number of aromatic nitrogens is 2. The molecule has 0 fully saturated rings. The number of rotatable bonds is 5. The van der Waals surface area contributed by atoms with Gasteiger partial charge >= 0.3 is 0 Å². The fraction of sp³-hybridized carbons (Fsp3) is 0.353. The van der Waals surface area contributed by atoms with Crippen LogP contribution in [0.4, 0.5) is 5.69 Å². The molecule has 0 aliphatic rings. The third kappa shape index (κ3) is 4.45. The molecule has 0 saturated carbocycles. The third-order valence-corrected chi connectivity index (χ3v) is 4.88. The monoisotopic (exact) mass is 331 g/mol. The Morgan fingerprint density at radius 3 is 2.74 bits per heavy atom. The molecule has 122 valence electrons. The van der Waals surface area contributed by atoms with E-state index in [2.05, 4.69) is 15.3 Å². The molecule has 1 aromatic carbocycles. The minimum atomic E-state index is -0.320. The highest BCUT2D eigenvalue weighted by Gasteiger charge is 2.20. The maximum Gasteiger partial charge on any atom is 0.251 e. The predicted octanol–water partition coefficient (Wildman–Crippen LogP) is 3.20. The van der Waals surface area contributed by atoms with Crippen LogP contribution in [-0.2, 0) is 4.79 Å². The molecule has 1 atom stereocenters. The molecule has 0 radical (unpaired) electrons. The zero-order valence-corrected chi connectivity index (χ0v) is 14.6. The summed E-state index contributed by atoms with van der Waals surface area (Å²) in [5.41, 5.74) is 3.45. The number of hydrogen-bond donors (Lipinski definition) is 2. The van der Waals surface area contributed by atoms with Gasteiger partial charge in [-0.05, 0) is 44.4 Å². The second kappa shape index (κ2) is 7.46. The normalized spacial score (nSPS) is 12.0. The van der Waals surface area contributed by atoms with Crippen molar-refractivity contribution in [3.05, 3.63) is 51.4 Å². The molecular formula is C17H21N3O2S. The van der Waals surface area contributed by atoms with Crippen LogP contribution in [0.15, 0.2) is 34.2 Å². The molecule has 1 aromatic heterocycles. The molecular weight excluding hydrogens is 310 g/mol. The van der Waals surface area contributed by atoms with Gasteiger partial charge in [-0.25, -0.2) is 4.98 Å². The number of nitrogens with one attached hydrogen (secondary N) is 2. The smallest absolute Gasteiger partial charge is 0.251 e. The Morgan fingerprint density at radius 2 is 2.09 bits per heavy atom. The number of H-pyrrole nitrogens is 1. The van der Waals surface area contributed by atoms with Crippen LogP contribution in [0.25, 0.3) is 0 Å². The first-order valence-corrected chi connectivity index (χ1v) is 8.40. The zero-order chi connectivity index (χ0) is 17.0. The van der Waals surface area contributed by atoms with Gasteiger partial charge in [-0.15, -0.1) is 0 Å². The number of amides is 1. The number of hydrogen-bond acceptors (Lipinski definition) is 4. The van der Waals surface area contributed by atoms with E-state index in [9.17, 15) is 9.59 Å². The van der Waals surface area contributed by atoms with Gasteiger partial charge in [0.15, 0.2) is 5.16 Å². The Kier molecular flexibility index (Phi) is 5.60. The topological polar surface area (TPSA) is 74.8 Å². The van der Waals surface area contributed by atoms with Crippen molar-refractivity contribution in [2.45, 2.75) is 44.5 Å². The summed E-state index contributed by atoms with van der Waals surface area (Å²) >= 11 is 1.28. The first-order chi connectivity index (χ1) is 10.9. The van der Waals surface area contributed by atoms with E-state index < -0.39 is 0 Å². The summed E-state index contributed by atoms with van der Waals surface area (Å²) < 4.78 is 0. The zero-order valence-electron chi connectivity index (χ0n) is 13.8. The number of benzene rings is 1. The van der Waals surface area contributed by atoms with Crippen molar-refractivity contribution in [3.8, 4) is 0 Å². The highest BCUT2D eigenvalue weighted by Crippen LogP contribution is 2.24. The highest BCUT2D eigenvalue weighted by atomic mass is 32.2. The molecule has 0 aliphatic heterocycles. The molecule has 1 unspecified atom stereocenters. The molecule has 0 aliphatic carbocycles. The Morgan fingerprint density at radius 1 is 1.35 bits per heavy atom. The first-order valence-electron chi connectivity index (χ1n) is 7.52. The molecule has 0 bridgehead atoms. The van der Waals surface area contributed by atoms with Gasteiger partial charge in [0.25, 0.3) is 5.56 Å². The minimum Gasteiger partial charge on any atom is -0.325 e. The minimum absolute atomic E-state index is 0.0876. The molecule has 2 N–H and O–H groups in total. The van der Waals surface area contributed by atoms with E-state index >= 15 is 0 Å². The Labute approximate surface area is 139 Å². The highest BCUT2D eigenvalue weighted by molar-refractivity contribution is 8.00. The number of thioether (sulfide) groups is 1. The van der Waals surface area contributed by atoms with Crippen LogP contribution in [-0.4, -0.2) is 21.1 Å². The van der Waals surface area contributed by atoms with Gasteiger partial charge in [-0.2, -0.15) is 0 Å². The summed E-state index contributed by atoms with van der Waals surface area (Å²) in [5.74, 6) is -0.0876. The SMILES string of the molecule is CCC(Sc1nc(C)cc(=O)[nH]1)C(=O)Nc1cccc(C)c1C.